The average Bonchev–Trinajstić information content (AvgIpc) is 2.08. The van der Waals surface area contributed by atoms with Gasteiger partial charge in [-0.3, -0.25) is 0 Å². The molecule has 0 unspecified atom stereocenters. The summed E-state index contributed by atoms with van der Waals surface area (Å²) in [5.41, 5.74) is 0. The van der Waals surface area contributed by atoms with Gasteiger partial charge >= 0.3 is 10.1 Å². The maximum absolute atomic E-state index is 10.0. The molecule has 9 heavy (non-hydrogen) atoms. The van der Waals surface area contributed by atoms with E-state index in [1.54, 1.807) is 0 Å². The Balaban J connectivity index is 3.20. The van der Waals surface area contributed by atoms with Crippen LogP contribution in [0.5, 0.6) is 0 Å². The first-order chi connectivity index (χ1) is 4.11. The van der Waals surface area contributed by atoms with Gasteiger partial charge in [0.25, 0.3) is 0 Å². The predicted octanol–water partition coefficient (Wildman–Crippen LogP) is 0.399. The summed E-state index contributed by atoms with van der Waals surface area (Å²) in [4.78, 5) is 0. The monoisotopic (exact) mass is 147 g/mol. The largest absolute Gasteiger partial charge is 0.451 e. The molecule has 0 saturated carbocycles. The number of rotatable bonds is 1. The van der Waals surface area contributed by atoms with E-state index >= 15 is 0 Å². The molecule has 0 N–H and O–H groups in total. The van der Waals surface area contributed by atoms with Crippen LogP contribution >= 0.6 is 0 Å². The molecule has 1 heterocycles. The molecule has 0 aliphatic carbocycles. The third-order valence-electron chi connectivity index (χ3n) is 0.741. The molecule has 0 bridgehead atoms. The van der Waals surface area contributed by atoms with Gasteiger partial charge in [-0.05, 0) is 12.1 Å². The van der Waals surface area contributed by atoms with Crippen LogP contribution in [0, 0.1) is 0 Å². The van der Waals surface area contributed by atoms with Gasteiger partial charge in [0.1, 0.15) is 0 Å². The van der Waals surface area contributed by atoms with Crippen molar-refractivity contribution in [2.45, 2.75) is 5.09 Å². The fourth-order valence-electron chi connectivity index (χ4n) is 0.406. The van der Waals surface area contributed by atoms with Gasteiger partial charge in [-0.25, -0.2) is 0 Å². The lowest BCUT2D eigenvalue weighted by Gasteiger charge is -1.81. The lowest BCUT2D eigenvalue weighted by molar-refractivity contribution is 0.369. The number of furan rings is 1. The Kier molecular flexibility index (Phi) is 1.30. The van der Waals surface area contributed by atoms with Crippen molar-refractivity contribution in [2.24, 2.45) is 0 Å². The molecule has 0 fully saturated rings. The standard InChI is InChI=1S/C4H3O4S/c5-9(6,7)4-2-1-3-8-4/h1-3H. The lowest BCUT2D eigenvalue weighted by atomic mass is 10.7. The van der Waals surface area contributed by atoms with Crippen LogP contribution in [0.3, 0.4) is 0 Å². The summed E-state index contributed by atoms with van der Waals surface area (Å²) < 4.78 is 34.4. The summed E-state index contributed by atoms with van der Waals surface area (Å²) in [6.45, 7) is 0. The van der Waals surface area contributed by atoms with Gasteiger partial charge in [-0.2, -0.15) is 8.42 Å². The lowest BCUT2D eigenvalue weighted by Crippen LogP contribution is -1.91. The van der Waals surface area contributed by atoms with Gasteiger partial charge in [0.2, 0.25) is 5.09 Å². The van der Waals surface area contributed by atoms with E-state index in [0.29, 0.717) is 0 Å². The molecule has 4 nitrogen and oxygen atoms in total. The molecule has 0 aromatic carbocycles. The number of hydrogen-bond donors (Lipinski definition) is 0. The van der Waals surface area contributed by atoms with E-state index in [0.717, 1.165) is 12.3 Å². The molecule has 0 amide bonds. The van der Waals surface area contributed by atoms with Crippen LogP contribution in [-0.4, -0.2) is 8.42 Å². The van der Waals surface area contributed by atoms with Gasteiger partial charge < -0.3 is 4.42 Å². The highest BCUT2D eigenvalue weighted by Crippen LogP contribution is 2.07. The van der Waals surface area contributed by atoms with Crippen molar-refractivity contribution in [3.05, 3.63) is 18.4 Å². The van der Waals surface area contributed by atoms with E-state index in [9.17, 15) is 13.0 Å². The second-order valence-electron chi connectivity index (χ2n) is 1.39. The van der Waals surface area contributed by atoms with Crippen LogP contribution in [0.25, 0.3) is 0 Å². The molecule has 0 atom stereocenters. The Bertz CT molecular complexity index is 270. The fraction of sp³-hybridized carbons (Fsp3) is 0. The summed E-state index contributed by atoms with van der Waals surface area (Å²) in [7, 11) is -4.38. The Morgan fingerprint density at radius 1 is 1.44 bits per heavy atom. The highest BCUT2D eigenvalue weighted by molar-refractivity contribution is 7.85. The second kappa shape index (κ2) is 1.85. The molecule has 1 rings (SSSR count). The van der Waals surface area contributed by atoms with E-state index in [1.807, 2.05) is 0 Å². The van der Waals surface area contributed by atoms with Gasteiger partial charge in [-0.15, -0.1) is 0 Å². The summed E-state index contributed by atoms with van der Waals surface area (Å²) in [5.74, 6) is 0. The van der Waals surface area contributed by atoms with Gasteiger partial charge in [0.05, 0.1) is 6.26 Å². The summed E-state index contributed by atoms with van der Waals surface area (Å²) in [5, 5.41) is -0.539. The Hall–Kier alpha value is -0.810. The highest BCUT2D eigenvalue weighted by Gasteiger charge is 2.13. The van der Waals surface area contributed by atoms with E-state index in [2.05, 4.69) is 4.42 Å². The van der Waals surface area contributed by atoms with Crippen LogP contribution in [0.2, 0.25) is 0 Å². The molecule has 49 valence electrons. The highest BCUT2D eigenvalue weighted by atomic mass is 32.2. The fourth-order valence-corrected chi connectivity index (χ4v) is 0.824. The zero-order chi connectivity index (χ0) is 6.91. The normalized spacial score (nSPS) is 11.7. The Morgan fingerprint density at radius 2 is 2.11 bits per heavy atom. The van der Waals surface area contributed by atoms with Gasteiger partial charge in [-0.1, -0.05) is 4.55 Å². The molecule has 1 aromatic heterocycles. The van der Waals surface area contributed by atoms with Crippen molar-refractivity contribution >= 4 is 10.1 Å². The molecule has 1 aromatic rings. The Labute approximate surface area is 51.9 Å². The van der Waals surface area contributed by atoms with Crippen molar-refractivity contribution < 1.29 is 17.4 Å². The van der Waals surface area contributed by atoms with Gasteiger partial charge in [0.15, 0.2) is 0 Å². The van der Waals surface area contributed by atoms with Crippen molar-refractivity contribution in [2.75, 3.05) is 0 Å². The minimum absolute atomic E-state index is 0.539. The zero-order valence-electron chi connectivity index (χ0n) is 4.27. The van der Waals surface area contributed by atoms with Crippen molar-refractivity contribution in [3.63, 3.8) is 0 Å². The maximum atomic E-state index is 10.0. The van der Waals surface area contributed by atoms with E-state index in [4.69, 9.17) is 0 Å². The first kappa shape index (κ1) is 6.31. The third kappa shape index (κ3) is 1.30. The van der Waals surface area contributed by atoms with Crippen LogP contribution in [0.15, 0.2) is 27.9 Å². The summed E-state index contributed by atoms with van der Waals surface area (Å²) in [6.07, 6.45) is 1.13. The number of hydrogen-bond acceptors (Lipinski definition) is 3. The average molecular weight is 147 g/mol. The third-order valence-corrected chi connectivity index (χ3v) is 1.47. The quantitative estimate of drug-likeness (QED) is 0.577. The molecule has 5 heteroatoms. The molecule has 1 radical (unpaired) electrons. The molecule has 0 aliphatic rings. The molecular weight excluding hydrogens is 144 g/mol. The molecule has 0 saturated heterocycles. The first-order valence-electron chi connectivity index (χ1n) is 2.10. The zero-order valence-corrected chi connectivity index (χ0v) is 5.09. The summed E-state index contributed by atoms with van der Waals surface area (Å²) in [6, 6.07) is 2.44. The molecular formula is C4H3O4S. The molecule has 0 aliphatic heterocycles. The smallest absolute Gasteiger partial charge is 0.357 e. The SMILES string of the molecule is [O]S(=O)(=O)c1ccco1. The van der Waals surface area contributed by atoms with Crippen molar-refractivity contribution in [1.82, 2.24) is 0 Å². The Morgan fingerprint density at radius 3 is 2.33 bits per heavy atom. The maximum Gasteiger partial charge on any atom is 0.357 e. The van der Waals surface area contributed by atoms with Crippen molar-refractivity contribution in [3.8, 4) is 0 Å². The minimum Gasteiger partial charge on any atom is -0.451 e. The van der Waals surface area contributed by atoms with Crippen LogP contribution in [0.4, 0.5) is 0 Å². The van der Waals surface area contributed by atoms with E-state index < -0.39 is 15.2 Å². The van der Waals surface area contributed by atoms with Crippen LogP contribution in [-0.2, 0) is 14.7 Å². The minimum atomic E-state index is -4.38. The van der Waals surface area contributed by atoms with Crippen molar-refractivity contribution in [1.29, 1.82) is 0 Å². The van der Waals surface area contributed by atoms with Gasteiger partial charge in [0, 0.05) is 0 Å². The summed E-state index contributed by atoms with van der Waals surface area (Å²) >= 11 is 0. The molecule has 0 spiro atoms. The topological polar surface area (TPSA) is 67.2 Å². The van der Waals surface area contributed by atoms with E-state index in [-0.39, 0.29) is 0 Å². The van der Waals surface area contributed by atoms with Crippen LogP contribution in [0.1, 0.15) is 0 Å². The van der Waals surface area contributed by atoms with E-state index in [1.165, 1.54) is 6.07 Å². The second-order valence-corrected chi connectivity index (χ2v) is 2.70. The predicted molar refractivity (Wildman–Crippen MR) is 26.6 cm³/mol. The first-order valence-corrected chi connectivity index (χ1v) is 3.51. The van der Waals surface area contributed by atoms with Crippen LogP contribution < -0.4 is 0 Å².